The van der Waals surface area contributed by atoms with Crippen molar-refractivity contribution in [2.75, 3.05) is 13.2 Å². The van der Waals surface area contributed by atoms with Gasteiger partial charge >= 0.3 is 0 Å². The van der Waals surface area contributed by atoms with Gasteiger partial charge in [-0.2, -0.15) is 0 Å². The first-order valence-electron chi connectivity index (χ1n) is 4.99. The molecule has 2 rings (SSSR count). The molecular formula is C11H13FO3. The van der Waals surface area contributed by atoms with Gasteiger partial charge in [-0.25, -0.2) is 4.39 Å². The fraction of sp³-hybridized carbons (Fsp3) is 0.455. The third-order valence-corrected chi connectivity index (χ3v) is 2.41. The summed E-state index contributed by atoms with van der Waals surface area (Å²) >= 11 is 0. The quantitative estimate of drug-likeness (QED) is 0.815. The van der Waals surface area contributed by atoms with E-state index in [2.05, 4.69) is 0 Å². The van der Waals surface area contributed by atoms with Crippen LogP contribution in [-0.4, -0.2) is 18.3 Å². The third kappa shape index (κ3) is 1.90. The number of hydrogen-bond acceptors (Lipinski definition) is 3. The standard InChI is InChI=1S/C11H13FO3/c1-2-9(13)7-5-10-11(6-8(7)12)15-4-3-14-10/h5-6,9,13H,2-4H2,1H3. The Morgan fingerprint density at radius 3 is 2.53 bits per heavy atom. The van der Waals surface area contributed by atoms with E-state index in [9.17, 15) is 9.50 Å². The van der Waals surface area contributed by atoms with Crippen molar-refractivity contribution in [3.05, 3.63) is 23.5 Å². The lowest BCUT2D eigenvalue weighted by Gasteiger charge is -2.20. The Hall–Kier alpha value is -1.29. The Balaban J connectivity index is 2.40. The zero-order valence-corrected chi connectivity index (χ0v) is 8.50. The molecule has 0 spiro atoms. The smallest absolute Gasteiger partial charge is 0.164 e. The van der Waals surface area contributed by atoms with Crippen LogP contribution in [0.3, 0.4) is 0 Å². The maximum Gasteiger partial charge on any atom is 0.164 e. The first-order valence-corrected chi connectivity index (χ1v) is 4.99. The molecular weight excluding hydrogens is 199 g/mol. The molecule has 1 unspecified atom stereocenters. The normalized spacial score (nSPS) is 16.2. The Morgan fingerprint density at radius 1 is 1.33 bits per heavy atom. The Bertz CT molecular complexity index is 365. The molecule has 0 radical (unpaired) electrons. The summed E-state index contributed by atoms with van der Waals surface area (Å²) < 4.78 is 24.1. The molecule has 3 nitrogen and oxygen atoms in total. The van der Waals surface area contributed by atoms with Crippen LogP contribution in [0.15, 0.2) is 12.1 Å². The zero-order chi connectivity index (χ0) is 10.8. The average molecular weight is 212 g/mol. The molecule has 1 heterocycles. The predicted octanol–water partition coefficient (Wildman–Crippen LogP) is 2.04. The minimum atomic E-state index is -0.791. The molecule has 0 aliphatic carbocycles. The molecule has 1 atom stereocenters. The van der Waals surface area contributed by atoms with Crippen LogP contribution < -0.4 is 9.47 Å². The summed E-state index contributed by atoms with van der Waals surface area (Å²) in [6.07, 6.45) is -0.322. The molecule has 0 saturated carbocycles. The Morgan fingerprint density at radius 2 is 1.93 bits per heavy atom. The molecule has 0 fully saturated rings. The van der Waals surface area contributed by atoms with E-state index in [0.717, 1.165) is 0 Å². The van der Waals surface area contributed by atoms with Gasteiger partial charge in [0, 0.05) is 11.6 Å². The van der Waals surface area contributed by atoms with E-state index in [1.165, 1.54) is 12.1 Å². The summed E-state index contributed by atoms with van der Waals surface area (Å²) in [4.78, 5) is 0. The summed E-state index contributed by atoms with van der Waals surface area (Å²) in [5.74, 6) is 0.463. The second-order valence-corrected chi connectivity index (χ2v) is 3.44. The van der Waals surface area contributed by atoms with E-state index in [1.54, 1.807) is 6.92 Å². The SMILES string of the molecule is CCC(O)c1cc2c(cc1F)OCCO2. The van der Waals surface area contributed by atoms with E-state index in [-0.39, 0.29) is 5.56 Å². The molecule has 1 aliphatic heterocycles. The highest BCUT2D eigenvalue weighted by molar-refractivity contribution is 5.45. The number of ether oxygens (including phenoxy) is 2. The van der Waals surface area contributed by atoms with Crippen LogP contribution in [-0.2, 0) is 0 Å². The van der Waals surface area contributed by atoms with E-state index >= 15 is 0 Å². The third-order valence-electron chi connectivity index (χ3n) is 2.41. The first-order chi connectivity index (χ1) is 7.22. The lowest BCUT2D eigenvalue weighted by molar-refractivity contribution is 0.158. The van der Waals surface area contributed by atoms with Gasteiger partial charge < -0.3 is 14.6 Å². The molecule has 0 amide bonds. The number of halogens is 1. The molecule has 1 aromatic carbocycles. The number of rotatable bonds is 2. The Kier molecular flexibility index (Phi) is 2.77. The first kappa shape index (κ1) is 10.2. The van der Waals surface area contributed by atoms with Crippen molar-refractivity contribution in [1.82, 2.24) is 0 Å². The lowest BCUT2D eigenvalue weighted by Crippen LogP contribution is -2.16. The largest absolute Gasteiger partial charge is 0.486 e. The van der Waals surface area contributed by atoms with E-state index in [4.69, 9.17) is 9.47 Å². The summed E-state index contributed by atoms with van der Waals surface area (Å²) in [6.45, 7) is 2.68. The highest BCUT2D eigenvalue weighted by Crippen LogP contribution is 2.35. The molecule has 1 aliphatic rings. The monoisotopic (exact) mass is 212 g/mol. The van der Waals surface area contributed by atoms with Crippen molar-refractivity contribution >= 4 is 0 Å². The fourth-order valence-electron chi connectivity index (χ4n) is 1.55. The van der Waals surface area contributed by atoms with Gasteiger partial charge in [0.05, 0.1) is 6.10 Å². The molecule has 0 aromatic heterocycles. The van der Waals surface area contributed by atoms with Crippen LogP contribution in [0.4, 0.5) is 4.39 Å². The van der Waals surface area contributed by atoms with Crippen molar-refractivity contribution in [3.8, 4) is 11.5 Å². The highest BCUT2D eigenvalue weighted by atomic mass is 19.1. The summed E-state index contributed by atoms with van der Waals surface area (Å²) in [7, 11) is 0. The van der Waals surface area contributed by atoms with Gasteiger partial charge in [0.15, 0.2) is 11.5 Å². The van der Waals surface area contributed by atoms with E-state index in [0.29, 0.717) is 31.1 Å². The number of fused-ring (bicyclic) bond motifs is 1. The summed E-state index contributed by atoms with van der Waals surface area (Å²) in [6, 6.07) is 2.78. The minimum Gasteiger partial charge on any atom is -0.486 e. The van der Waals surface area contributed by atoms with Gasteiger partial charge in [-0.05, 0) is 12.5 Å². The summed E-state index contributed by atoms with van der Waals surface area (Å²) in [5, 5.41) is 9.58. The van der Waals surface area contributed by atoms with Gasteiger partial charge in [0.2, 0.25) is 0 Å². The zero-order valence-electron chi connectivity index (χ0n) is 8.50. The molecule has 1 N–H and O–H groups in total. The second kappa shape index (κ2) is 4.06. The van der Waals surface area contributed by atoms with Gasteiger partial charge in [0.25, 0.3) is 0 Å². The van der Waals surface area contributed by atoms with Crippen LogP contribution in [0.1, 0.15) is 25.0 Å². The van der Waals surface area contributed by atoms with E-state index < -0.39 is 11.9 Å². The van der Waals surface area contributed by atoms with Crippen molar-refractivity contribution in [1.29, 1.82) is 0 Å². The van der Waals surface area contributed by atoms with Crippen molar-refractivity contribution in [2.24, 2.45) is 0 Å². The molecule has 82 valence electrons. The summed E-state index contributed by atoms with van der Waals surface area (Å²) in [5.41, 5.74) is 0.266. The molecule has 0 saturated heterocycles. The van der Waals surface area contributed by atoms with Gasteiger partial charge in [0.1, 0.15) is 19.0 Å². The van der Waals surface area contributed by atoms with Crippen LogP contribution in [0.5, 0.6) is 11.5 Å². The highest BCUT2D eigenvalue weighted by Gasteiger charge is 2.19. The number of aliphatic hydroxyl groups excluding tert-OH is 1. The van der Waals surface area contributed by atoms with E-state index in [1.807, 2.05) is 0 Å². The van der Waals surface area contributed by atoms with Crippen molar-refractivity contribution < 1.29 is 19.0 Å². The van der Waals surface area contributed by atoms with Crippen molar-refractivity contribution in [2.45, 2.75) is 19.4 Å². The molecule has 0 bridgehead atoms. The Labute approximate surface area is 87.4 Å². The van der Waals surface area contributed by atoms with Crippen LogP contribution in [0.25, 0.3) is 0 Å². The fourth-order valence-corrected chi connectivity index (χ4v) is 1.55. The lowest BCUT2D eigenvalue weighted by atomic mass is 10.1. The van der Waals surface area contributed by atoms with Gasteiger partial charge in [-0.1, -0.05) is 6.92 Å². The average Bonchev–Trinajstić information content (AvgIpc) is 2.27. The second-order valence-electron chi connectivity index (χ2n) is 3.44. The molecule has 15 heavy (non-hydrogen) atoms. The van der Waals surface area contributed by atoms with Crippen LogP contribution in [0, 0.1) is 5.82 Å². The van der Waals surface area contributed by atoms with Gasteiger partial charge in [-0.3, -0.25) is 0 Å². The van der Waals surface area contributed by atoms with Crippen molar-refractivity contribution in [3.63, 3.8) is 0 Å². The van der Waals surface area contributed by atoms with Crippen LogP contribution in [0.2, 0.25) is 0 Å². The van der Waals surface area contributed by atoms with Gasteiger partial charge in [-0.15, -0.1) is 0 Å². The number of aliphatic hydroxyl groups is 1. The maximum atomic E-state index is 13.5. The predicted molar refractivity (Wildman–Crippen MR) is 52.6 cm³/mol. The molecule has 4 heteroatoms. The maximum absolute atomic E-state index is 13.5. The minimum absolute atomic E-state index is 0.266. The topological polar surface area (TPSA) is 38.7 Å². The van der Waals surface area contributed by atoms with Crippen LogP contribution >= 0.6 is 0 Å². The number of benzene rings is 1. The number of hydrogen-bond donors (Lipinski definition) is 1. The molecule has 1 aromatic rings.